The van der Waals surface area contributed by atoms with Crippen molar-refractivity contribution < 1.29 is 31.8 Å². The number of ether oxygens (including phenoxy) is 3. The Kier molecular flexibility index (Phi) is 6.87. The molecule has 0 bridgehead atoms. The molecule has 3 aromatic carbocycles. The number of sulfonamides is 1. The van der Waals surface area contributed by atoms with E-state index in [1.54, 1.807) is 42.5 Å². The van der Waals surface area contributed by atoms with Crippen molar-refractivity contribution in [1.82, 2.24) is 0 Å². The predicted octanol–water partition coefficient (Wildman–Crippen LogP) is 3.83. The maximum atomic E-state index is 13.1. The zero-order chi connectivity index (χ0) is 24.1. The van der Waals surface area contributed by atoms with Crippen molar-refractivity contribution in [3.8, 4) is 17.2 Å². The van der Waals surface area contributed by atoms with Gasteiger partial charge in [0.1, 0.15) is 11.6 Å². The molecule has 1 heterocycles. The minimum Gasteiger partial charge on any atom is -0.490 e. The van der Waals surface area contributed by atoms with Crippen LogP contribution in [0, 0.1) is 5.82 Å². The average molecular weight is 487 g/mol. The van der Waals surface area contributed by atoms with E-state index in [0.717, 1.165) is 22.9 Å². The molecule has 0 fully saturated rings. The van der Waals surface area contributed by atoms with Gasteiger partial charge >= 0.3 is 0 Å². The van der Waals surface area contributed by atoms with Crippen LogP contribution in [0.4, 0.5) is 15.8 Å². The summed E-state index contributed by atoms with van der Waals surface area (Å²) in [5, 5.41) is 2.74. The van der Waals surface area contributed by atoms with E-state index in [2.05, 4.69) is 5.32 Å². The van der Waals surface area contributed by atoms with Gasteiger partial charge in [-0.25, -0.2) is 12.8 Å². The molecule has 0 saturated heterocycles. The van der Waals surface area contributed by atoms with Crippen LogP contribution < -0.4 is 23.8 Å². The zero-order valence-electron chi connectivity index (χ0n) is 18.4. The molecular weight excluding hydrogens is 463 g/mol. The third-order valence-corrected chi connectivity index (χ3v) is 6.87. The molecule has 178 valence electrons. The monoisotopic (exact) mass is 486 g/mol. The van der Waals surface area contributed by atoms with E-state index in [9.17, 15) is 17.6 Å². The molecule has 0 aromatic heterocycles. The van der Waals surface area contributed by atoms with Gasteiger partial charge in [-0.3, -0.25) is 9.10 Å². The minimum atomic E-state index is -3.85. The summed E-state index contributed by atoms with van der Waals surface area (Å²) in [4.78, 5) is 12.3. The van der Waals surface area contributed by atoms with Crippen molar-refractivity contribution in [2.75, 3.05) is 36.5 Å². The number of carbonyl (C=O) groups excluding carboxylic acids is 1. The molecule has 0 atom stereocenters. The van der Waals surface area contributed by atoms with Crippen molar-refractivity contribution in [2.24, 2.45) is 0 Å². The lowest BCUT2D eigenvalue weighted by Crippen LogP contribution is -2.26. The summed E-state index contributed by atoms with van der Waals surface area (Å²) in [6, 6.07) is 16.0. The highest BCUT2D eigenvalue weighted by Crippen LogP contribution is 2.32. The highest BCUT2D eigenvalue weighted by molar-refractivity contribution is 7.92. The van der Waals surface area contributed by atoms with Gasteiger partial charge in [-0.05, 0) is 60.7 Å². The topological polar surface area (TPSA) is 94.2 Å². The van der Waals surface area contributed by atoms with Gasteiger partial charge in [0.15, 0.2) is 18.1 Å². The molecule has 10 heteroatoms. The third-order valence-electron chi connectivity index (χ3n) is 5.07. The number of anilines is 2. The van der Waals surface area contributed by atoms with Gasteiger partial charge in [0, 0.05) is 25.2 Å². The molecule has 1 aliphatic heterocycles. The Labute approximate surface area is 196 Å². The first kappa shape index (κ1) is 23.4. The highest BCUT2D eigenvalue weighted by Gasteiger charge is 2.21. The van der Waals surface area contributed by atoms with Gasteiger partial charge in [0.2, 0.25) is 0 Å². The van der Waals surface area contributed by atoms with Gasteiger partial charge < -0.3 is 19.5 Å². The summed E-state index contributed by atoms with van der Waals surface area (Å²) in [5.74, 6) is 0.723. The van der Waals surface area contributed by atoms with Crippen molar-refractivity contribution in [3.05, 3.63) is 72.5 Å². The van der Waals surface area contributed by atoms with Crippen LogP contribution in [-0.4, -0.2) is 41.2 Å². The Bertz CT molecular complexity index is 1260. The van der Waals surface area contributed by atoms with E-state index < -0.39 is 15.8 Å². The second-order valence-electron chi connectivity index (χ2n) is 7.47. The van der Waals surface area contributed by atoms with Crippen molar-refractivity contribution >= 4 is 27.3 Å². The summed E-state index contributed by atoms with van der Waals surface area (Å²) < 4.78 is 56.4. The average Bonchev–Trinajstić information content (AvgIpc) is 3.08. The first-order chi connectivity index (χ1) is 16.3. The number of benzene rings is 3. The molecule has 1 N–H and O–H groups in total. The van der Waals surface area contributed by atoms with E-state index in [1.807, 2.05) is 0 Å². The third kappa shape index (κ3) is 5.40. The lowest BCUT2D eigenvalue weighted by Gasteiger charge is -2.20. The smallest absolute Gasteiger partial charge is 0.264 e. The number of hydrogen-bond acceptors (Lipinski definition) is 6. The van der Waals surface area contributed by atoms with E-state index >= 15 is 0 Å². The van der Waals surface area contributed by atoms with Crippen LogP contribution in [0.5, 0.6) is 17.2 Å². The number of carbonyl (C=O) groups is 1. The number of hydrogen-bond donors (Lipinski definition) is 1. The predicted molar refractivity (Wildman–Crippen MR) is 125 cm³/mol. The van der Waals surface area contributed by atoms with Crippen LogP contribution in [-0.2, 0) is 14.8 Å². The standard InChI is InChI=1S/C24H23FN2O6S/c1-27(34(29,30)21-10-3-17(25)4-11-21)19-6-8-20(9-7-19)33-16-24(28)26-18-5-12-22-23(15-18)32-14-2-13-31-22/h3-12,15H,2,13-14,16H2,1H3,(H,26,28). The molecule has 0 saturated carbocycles. The SMILES string of the molecule is CN(c1ccc(OCC(=O)Nc2ccc3c(c2)OCCCO3)cc1)S(=O)(=O)c1ccc(F)cc1. The number of rotatable bonds is 7. The molecule has 1 aliphatic rings. The van der Waals surface area contributed by atoms with E-state index in [1.165, 1.54) is 19.2 Å². The Morgan fingerprint density at radius 3 is 2.38 bits per heavy atom. The number of amides is 1. The molecule has 0 radical (unpaired) electrons. The van der Waals surface area contributed by atoms with Gasteiger partial charge in [0.05, 0.1) is 23.8 Å². The van der Waals surface area contributed by atoms with Crippen molar-refractivity contribution in [1.29, 1.82) is 0 Å². The first-order valence-corrected chi connectivity index (χ1v) is 11.9. The maximum Gasteiger partial charge on any atom is 0.264 e. The van der Waals surface area contributed by atoms with Crippen LogP contribution in [0.15, 0.2) is 71.6 Å². The normalized spacial score (nSPS) is 13.0. The van der Waals surface area contributed by atoms with Crippen LogP contribution in [0.1, 0.15) is 6.42 Å². The molecule has 34 heavy (non-hydrogen) atoms. The summed E-state index contributed by atoms with van der Waals surface area (Å²) >= 11 is 0. The largest absolute Gasteiger partial charge is 0.490 e. The van der Waals surface area contributed by atoms with E-state index in [4.69, 9.17) is 14.2 Å². The fourth-order valence-electron chi connectivity index (χ4n) is 3.24. The Morgan fingerprint density at radius 2 is 1.68 bits per heavy atom. The second-order valence-corrected chi connectivity index (χ2v) is 9.44. The highest BCUT2D eigenvalue weighted by atomic mass is 32.2. The number of nitrogens with zero attached hydrogens (tertiary/aromatic N) is 1. The first-order valence-electron chi connectivity index (χ1n) is 10.5. The Hall–Kier alpha value is -3.79. The van der Waals surface area contributed by atoms with E-state index in [0.29, 0.717) is 41.8 Å². The maximum absolute atomic E-state index is 13.1. The van der Waals surface area contributed by atoms with Gasteiger partial charge in [-0.2, -0.15) is 0 Å². The number of fused-ring (bicyclic) bond motifs is 1. The second kappa shape index (κ2) is 10.0. The molecule has 8 nitrogen and oxygen atoms in total. The van der Waals surface area contributed by atoms with Gasteiger partial charge in [0.25, 0.3) is 15.9 Å². The van der Waals surface area contributed by atoms with Gasteiger partial charge in [-0.1, -0.05) is 0 Å². The number of nitrogens with one attached hydrogen (secondary N) is 1. The van der Waals surface area contributed by atoms with Crippen molar-refractivity contribution in [3.63, 3.8) is 0 Å². The summed E-state index contributed by atoms with van der Waals surface area (Å²) in [7, 11) is -2.45. The number of halogens is 1. The molecule has 4 rings (SSSR count). The lowest BCUT2D eigenvalue weighted by molar-refractivity contribution is -0.118. The fraction of sp³-hybridized carbons (Fsp3) is 0.208. The van der Waals surface area contributed by atoms with Crippen molar-refractivity contribution in [2.45, 2.75) is 11.3 Å². The van der Waals surface area contributed by atoms with Crippen LogP contribution >= 0.6 is 0 Å². The fourth-order valence-corrected chi connectivity index (χ4v) is 4.44. The van der Waals surface area contributed by atoms with Crippen LogP contribution in [0.2, 0.25) is 0 Å². The van der Waals surface area contributed by atoms with E-state index in [-0.39, 0.29) is 17.4 Å². The lowest BCUT2D eigenvalue weighted by atomic mass is 10.2. The summed E-state index contributed by atoms with van der Waals surface area (Å²) in [5.41, 5.74) is 0.939. The minimum absolute atomic E-state index is 0.0249. The summed E-state index contributed by atoms with van der Waals surface area (Å²) in [6.45, 7) is 0.890. The molecule has 3 aromatic rings. The van der Waals surface area contributed by atoms with Crippen LogP contribution in [0.25, 0.3) is 0 Å². The summed E-state index contributed by atoms with van der Waals surface area (Å²) in [6.07, 6.45) is 0.789. The molecular formula is C24H23FN2O6S. The molecule has 0 aliphatic carbocycles. The molecule has 1 amide bonds. The molecule has 0 unspecified atom stereocenters. The Morgan fingerprint density at radius 1 is 1.00 bits per heavy atom. The van der Waals surface area contributed by atoms with Gasteiger partial charge in [-0.15, -0.1) is 0 Å². The van der Waals surface area contributed by atoms with Crippen LogP contribution in [0.3, 0.4) is 0 Å². The zero-order valence-corrected chi connectivity index (χ0v) is 19.2. The molecule has 0 spiro atoms. The Balaban J connectivity index is 1.34. The quantitative estimate of drug-likeness (QED) is 0.546.